The van der Waals surface area contributed by atoms with Gasteiger partial charge in [0.1, 0.15) is 0 Å². The maximum atomic E-state index is 12.7. The van der Waals surface area contributed by atoms with Crippen molar-refractivity contribution in [3.63, 3.8) is 0 Å². The fourth-order valence-electron chi connectivity index (χ4n) is 3.04. The molecule has 2 aromatic carbocycles. The van der Waals surface area contributed by atoms with Crippen molar-refractivity contribution in [2.24, 2.45) is 0 Å². The SMILES string of the molecule is O=C(c1nc2ccccc2s1)N1CC[C@H](c2ccccc2)C1. The van der Waals surface area contributed by atoms with Gasteiger partial charge in [-0.2, -0.15) is 0 Å². The van der Waals surface area contributed by atoms with E-state index in [1.165, 1.54) is 16.9 Å². The van der Waals surface area contributed by atoms with Crippen LogP contribution in [-0.4, -0.2) is 28.9 Å². The fraction of sp³-hybridized carbons (Fsp3) is 0.222. The zero-order chi connectivity index (χ0) is 14.9. The molecule has 2 heterocycles. The van der Waals surface area contributed by atoms with Crippen molar-refractivity contribution in [2.75, 3.05) is 13.1 Å². The molecule has 1 aliphatic heterocycles. The summed E-state index contributed by atoms with van der Waals surface area (Å²) in [7, 11) is 0. The highest BCUT2D eigenvalue weighted by Crippen LogP contribution is 2.29. The molecule has 1 fully saturated rings. The zero-order valence-electron chi connectivity index (χ0n) is 12.1. The van der Waals surface area contributed by atoms with Crippen molar-refractivity contribution >= 4 is 27.5 Å². The Balaban J connectivity index is 1.54. The van der Waals surface area contributed by atoms with Crippen LogP contribution < -0.4 is 0 Å². The molecule has 110 valence electrons. The summed E-state index contributed by atoms with van der Waals surface area (Å²) in [5.74, 6) is 0.513. The summed E-state index contributed by atoms with van der Waals surface area (Å²) in [6.07, 6.45) is 1.03. The summed E-state index contributed by atoms with van der Waals surface area (Å²) in [5, 5.41) is 0.606. The molecule has 1 atom stereocenters. The van der Waals surface area contributed by atoms with E-state index in [0.29, 0.717) is 10.9 Å². The van der Waals surface area contributed by atoms with Crippen molar-refractivity contribution in [2.45, 2.75) is 12.3 Å². The number of rotatable bonds is 2. The molecule has 0 unspecified atom stereocenters. The maximum Gasteiger partial charge on any atom is 0.282 e. The number of aromatic nitrogens is 1. The molecule has 0 N–H and O–H groups in total. The van der Waals surface area contributed by atoms with Gasteiger partial charge in [-0.25, -0.2) is 4.98 Å². The first-order valence-corrected chi connectivity index (χ1v) is 8.33. The van der Waals surface area contributed by atoms with Gasteiger partial charge < -0.3 is 4.90 Å². The first-order valence-electron chi connectivity index (χ1n) is 7.51. The minimum Gasteiger partial charge on any atom is -0.336 e. The summed E-state index contributed by atoms with van der Waals surface area (Å²) in [6.45, 7) is 1.60. The van der Waals surface area contributed by atoms with Gasteiger partial charge in [-0.3, -0.25) is 4.79 Å². The van der Waals surface area contributed by atoms with Crippen LogP contribution >= 0.6 is 11.3 Å². The van der Waals surface area contributed by atoms with Crippen molar-refractivity contribution in [3.8, 4) is 0 Å². The van der Waals surface area contributed by atoms with Crippen molar-refractivity contribution in [1.82, 2.24) is 9.88 Å². The highest BCUT2D eigenvalue weighted by Gasteiger charge is 2.29. The minimum absolute atomic E-state index is 0.0691. The maximum absolute atomic E-state index is 12.7. The topological polar surface area (TPSA) is 33.2 Å². The summed E-state index contributed by atoms with van der Waals surface area (Å²) in [6, 6.07) is 18.4. The first-order chi connectivity index (χ1) is 10.8. The van der Waals surface area contributed by atoms with Crippen LogP contribution in [0.4, 0.5) is 0 Å². The lowest BCUT2D eigenvalue weighted by atomic mass is 9.99. The fourth-order valence-corrected chi connectivity index (χ4v) is 3.97. The lowest BCUT2D eigenvalue weighted by Crippen LogP contribution is -2.28. The monoisotopic (exact) mass is 308 g/mol. The second-order valence-electron chi connectivity index (χ2n) is 5.63. The van der Waals surface area contributed by atoms with E-state index >= 15 is 0 Å². The van der Waals surface area contributed by atoms with Crippen molar-refractivity contribution < 1.29 is 4.79 Å². The van der Waals surface area contributed by atoms with Crippen LogP contribution in [0.5, 0.6) is 0 Å². The second kappa shape index (κ2) is 5.54. The Morgan fingerprint density at radius 3 is 2.68 bits per heavy atom. The number of thiazole rings is 1. The molecule has 0 aliphatic carbocycles. The van der Waals surface area contributed by atoms with Gasteiger partial charge in [0.25, 0.3) is 5.91 Å². The number of hydrogen-bond acceptors (Lipinski definition) is 3. The van der Waals surface area contributed by atoms with E-state index in [0.717, 1.165) is 29.7 Å². The predicted octanol–water partition coefficient (Wildman–Crippen LogP) is 3.93. The highest BCUT2D eigenvalue weighted by molar-refractivity contribution is 7.20. The van der Waals surface area contributed by atoms with Gasteiger partial charge in [-0.1, -0.05) is 42.5 Å². The Morgan fingerprint density at radius 1 is 1.09 bits per heavy atom. The van der Waals surface area contributed by atoms with Crippen LogP contribution in [0.15, 0.2) is 54.6 Å². The molecular weight excluding hydrogens is 292 g/mol. The minimum atomic E-state index is 0.0691. The van der Waals surface area contributed by atoms with Gasteiger partial charge in [0.05, 0.1) is 10.2 Å². The van der Waals surface area contributed by atoms with E-state index in [1.54, 1.807) is 0 Å². The molecular formula is C18H16N2OS. The number of amides is 1. The third kappa shape index (κ3) is 2.40. The van der Waals surface area contributed by atoms with Gasteiger partial charge in [-0.05, 0) is 24.1 Å². The molecule has 1 aromatic heterocycles. The Bertz CT molecular complexity index is 779. The Kier molecular flexibility index (Phi) is 3.39. The van der Waals surface area contributed by atoms with Crippen LogP contribution in [0, 0.1) is 0 Å². The van der Waals surface area contributed by atoms with Gasteiger partial charge >= 0.3 is 0 Å². The van der Waals surface area contributed by atoms with Crippen LogP contribution in [-0.2, 0) is 0 Å². The zero-order valence-corrected chi connectivity index (χ0v) is 12.9. The van der Waals surface area contributed by atoms with E-state index in [2.05, 4.69) is 29.2 Å². The van der Waals surface area contributed by atoms with Gasteiger partial charge in [0, 0.05) is 19.0 Å². The van der Waals surface area contributed by atoms with Gasteiger partial charge in [0.2, 0.25) is 0 Å². The molecule has 3 aromatic rings. The Hall–Kier alpha value is -2.20. The van der Waals surface area contributed by atoms with E-state index in [-0.39, 0.29) is 5.91 Å². The Labute approximate surface area is 133 Å². The molecule has 3 nitrogen and oxygen atoms in total. The summed E-state index contributed by atoms with van der Waals surface area (Å²) >= 11 is 1.49. The number of carbonyl (C=O) groups excluding carboxylic acids is 1. The molecule has 4 rings (SSSR count). The molecule has 4 heteroatoms. The van der Waals surface area contributed by atoms with Crippen LogP contribution in [0.1, 0.15) is 27.7 Å². The smallest absolute Gasteiger partial charge is 0.282 e. The number of nitrogens with zero attached hydrogens (tertiary/aromatic N) is 2. The third-order valence-electron chi connectivity index (χ3n) is 4.22. The molecule has 0 bridgehead atoms. The average molecular weight is 308 g/mol. The number of carbonyl (C=O) groups is 1. The molecule has 0 saturated carbocycles. The standard InChI is InChI=1S/C18H16N2OS/c21-18(17-19-15-8-4-5-9-16(15)22-17)20-11-10-14(12-20)13-6-2-1-3-7-13/h1-9,14H,10-12H2/t14-/m0/s1. The molecule has 0 radical (unpaired) electrons. The lowest BCUT2D eigenvalue weighted by molar-refractivity contribution is 0.0790. The van der Waals surface area contributed by atoms with Crippen LogP contribution in [0.25, 0.3) is 10.2 Å². The van der Waals surface area contributed by atoms with Crippen molar-refractivity contribution in [3.05, 3.63) is 65.2 Å². The van der Waals surface area contributed by atoms with Crippen LogP contribution in [0.2, 0.25) is 0 Å². The number of hydrogen-bond donors (Lipinski definition) is 0. The summed E-state index contributed by atoms with van der Waals surface area (Å²) in [4.78, 5) is 19.1. The van der Waals surface area contributed by atoms with Crippen molar-refractivity contribution in [1.29, 1.82) is 0 Å². The number of para-hydroxylation sites is 1. The van der Waals surface area contributed by atoms with E-state index in [4.69, 9.17) is 0 Å². The van der Waals surface area contributed by atoms with Gasteiger partial charge in [0.15, 0.2) is 5.01 Å². The average Bonchev–Trinajstić information content (AvgIpc) is 3.22. The molecule has 1 aliphatic rings. The van der Waals surface area contributed by atoms with Gasteiger partial charge in [-0.15, -0.1) is 11.3 Å². The van der Waals surface area contributed by atoms with Crippen LogP contribution in [0.3, 0.4) is 0 Å². The number of benzene rings is 2. The number of likely N-dealkylation sites (tertiary alicyclic amines) is 1. The quantitative estimate of drug-likeness (QED) is 0.719. The summed E-state index contributed by atoms with van der Waals surface area (Å²) < 4.78 is 1.07. The van der Waals surface area contributed by atoms with E-state index in [1.807, 2.05) is 35.2 Å². The van der Waals surface area contributed by atoms with E-state index < -0.39 is 0 Å². The van der Waals surface area contributed by atoms with E-state index in [9.17, 15) is 4.79 Å². The highest BCUT2D eigenvalue weighted by atomic mass is 32.1. The molecule has 22 heavy (non-hydrogen) atoms. The molecule has 1 saturated heterocycles. The predicted molar refractivity (Wildman–Crippen MR) is 89.3 cm³/mol. The molecule has 0 spiro atoms. The lowest BCUT2D eigenvalue weighted by Gasteiger charge is -2.15. The molecule has 1 amide bonds. The first kappa shape index (κ1) is 13.5. The third-order valence-corrected chi connectivity index (χ3v) is 5.25. The summed E-state index contributed by atoms with van der Waals surface area (Å²) in [5.41, 5.74) is 2.23. The Morgan fingerprint density at radius 2 is 1.86 bits per heavy atom. The second-order valence-corrected chi connectivity index (χ2v) is 6.66. The number of fused-ring (bicyclic) bond motifs is 1. The normalized spacial score (nSPS) is 18.0. The largest absolute Gasteiger partial charge is 0.336 e.